The van der Waals surface area contributed by atoms with Gasteiger partial charge < -0.3 is 24.1 Å². The summed E-state index contributed by atoms with van der Waals surface area (Å²) in [6.45, 7) is 8.74. The van der Waals surface area contributed by atoms with E-state index in [0.717, 1.165) is 0 Å². The van der Waals surface area contributed by atoms with Crippen LogP contribution in [-0.2, 0) is 28.5 Å². The van der Waals surface area contributed by atoms with Gasteiger partial charge in [-0.2, -0.15) is 0 Å². The molecular formula is C21H26O7. The summed E-state index contributed by atoms with van der Waals surface area (Å²) in [6.07, 6.45) is 5.60. The second-order valence-corrected chi connectivity index (χ2v) is 7.51. The van der Waals surface area contributed by atoms with Crippen molar-refractivity contribution in [2.45, 2.75) is 50.8 Å². The molecule has 0 aromatic carbocycles. The minimum atomic E-state index is -1.28. The standard InChI is InChI=1S/C21H26O7/c1-6-12(2)18(23)27-16-10-20(4)7-8-21(25-5,28-20)14(11-22)9-15-17(16)13(3)19(24)26-15/h6-9,15-17,22H,3,10-11H2,1-2,4-5H3/b12-6-,14-9-/t15-,16-,17+,20-,21+/m1/s1. The lowest BCUT2D eigenvalue weighted by atomic mass is 9.83. The van der Waals surface area contributed by atoms with E-state index in [4.69, 9.17) is 18.9 Å². The van der Waals surface area contributed by atoms with Gasteiger partial charge in [0.1, 0.15) is 12.2 Å². The van der Waals surface area contributed by atoms with Crippen molar-refractivity contribution < 1.29 is 33.6 Å². The van der Waals surface area contributed by atoms with Gasteiger partial charge in [-0.05, 0) is 32.9 Å². The summed E-state index contributed by atoms with van der Waals surface area (Å²) < 4.78 is 23.0. The van der Waals surface area contributed by atoms with Gasteiger partial charge in [0.05, 0.1) is 18.1 Å². The summed E-state index contributed by atoms with van der Waals surface area (Å²) in [4.78, 5) is 24.7. The van der Waals surface area contributed by atoms with Crippen molar-refractivity contribution in [1.29, 1.82) is 0 Å². The average Bonchev–Trinajstić information content (AvgIpc) is 3.16. The second-order valence-electron chi connectivity index (χ2n) is 7.51. The highest BCUT2D eigenvalue weighted by atomic mass is 16.7. The lowest BCUT2D eigenvalue weighted by Gasteiger charge is -2.35. The molecule has 0 aromatic rings. The molecule has 7 nitrogen and oxygen atoms in total. The quantitative estimate of drug-likeness (QED) is 0.446. The number of methoxy groups -OCH3 is 1. The SMILES string of the molecule is C=C1C(=O)O[C@@H]2/C=C(/CO)[C@]3(OC)C=C[C@](C)(C[C@@H](OC(=O)/C(C)=C\C)[C@@H]12)O3. The maximum Gasteiger partial charge on any atom is 0.334 e. The molecule has 3 aliphatic heterocycles. The van der Waals surface area contributed by atoms with E-state index in [0.29, 0.717) is 11.1 Å². The van der Waals surface area contributed by atoms with E-state index in [1.165, 1.54) is 7.11 Å². The molecule has 0 saturated carbocycles. The first kappa shape index (κ1) is 20.5. The first-order valence-corrected chi connectivity index (χ1v) is 9.20. The van der Waals surface area contributed by atoms with E-state index in [-0.39, 0.29) is 18.6 Å². The summed E-state index contributed by atoms with van der Waals surface area (Å²) in [6, 6.07) is 0. The van der Waals surface area contributed by atoms with Gasteiger partial charge >= 0.3 is 11.9 Å². The number of hydrogen-bond acceptors (Lipinski definition) is 7. The molecule has 5 atom stereocenters. The fraction of sp³-hybridized carbons (Fsp3) is 0.524. The average molecular weight is 390 g/mol. The first-order valence-electron chi connectivity index (χ1n) is 9.20. The number of carbonyl (C=O) groups is 2. The molecular weight excluding hydrogens is 364 g/mol. The number of aliphatic hydroxyl groups excluding tert-OH is 1. The Bertz CT molecular complexity index is 793. The van der Waals surface area contributed by atoms with Crippen molar-refractivity contribution in [2.24, 2.45) is 5.92 Å². The van der Waals surface area contributed by atoms with Gasteiger partial charge in [0, 0.05) is 30.2 Å². The molecule has 3 heterocycles. The van der Waals surface area contributed by atoms with Gasteiger partial charge in [0.2, 0.25) is 5.79 Å². The van der Waals surface area contributed by atoms with E-state index < -0.39 is 41.5 Å². The fourth-order valence-corrected chi connectivity index (χ4v) is 3.87. The number of allylic oxidation sites excluding steroid dienone is 1. The van der Waals surface area contributed by atoms with E-state index in [2.05, 4.69) is 6.58 Å². The third kappa shape index (κ3) is 3.34. The highest BCUT2D eigenvalue weighted by Crippen LogP contribution is 2.45. The van der Waals surface area contributed by atoms with Gasteiger partial charge in [-0.25, -0.2) is 9.59 Å². The number of aliphatic hydroxyl groups is 1. The Morgan fingerprint density at radius 3 is 2.79 bits per heavy atom. The predicted octanol–water partition coefficient (Wildman–Crippen LogP) is 1.97. The van der Waals surface area contributed by atoms with Crippen LogP contribution in [0, 0.1) is 5.92 Å². The lowest BCUT2D eigenvalue weighted by Crippen LogP contribution is -2.42. The molecule has 0 amide bonds. The van der Waals surface area contributed by atoms with Gasteiger partial charge in [-0.1, -0.05) is 18.7 Å². The van der Waals surface area contributed by atoms with Crippen molar-refractivity contribution in [3.05, 3.63) is 47.6 Å². The first-order chi connectivity index (χ1) is 13.2. The van der Waals surface area contributed by atoms with Crippen LogP contribution in [0.5, 0.6) is 0 Å². The Morgan fingerprint density at radius 1 is 1.46 bits per heavy atom. The molecule has 7 heteroatoms. The summed E-state index contributed by atoms with van der Waals surface area (Å²) in [7, 11) is 1.47. The van der Waals surface area contributed by atoms with Gasteiger partial charge in [0.15, 0.2) is 0 Å². The third-order valence-electron chi connectivity index (χ3n) is 5.61. The van der Waals surface area contributed by atoms with Crippen LogP contribution in [0.15, 0.2) is 47.6 Å². The number of ether oxygens (including phenoxy) is 4. The molecule has 1 saturated heterocycles. The molecule has 0 aromatic heterocycles. The monoisotopic (exact) mass is 390 g/mol. The normalized spacial score (nSPS) is 39.4. The lowest BCUT2D eigenvalue weighted by molar-refractivity contribution is -0.206. The minimum Gasteiger partial charge on any atom is -0.458 e. The number of rotatable bonds is 4. The Kier molecular flexibility index (Phi) is 5.36. The zero-order valence-corrected chi connectivity index (χ0v) is 16.6. The van der Waals surface area contributed by atoms with E-state index in [1.54, 1.807) is 32.1 Å². The highest BCUT2D eigenvalue weighted by Gasteiger charge is 2.53. The minimum absolute atomic E-state index is 0.228. The number of hydrogen-bond donors (Lipinski definition) is 1. The Balaban J connectivity index is 2.09. The van der Waals surface area contributed by atoms with Crippen LogP contribution in [0.3, 0.4) is 0 Å². The van der Waals surface area contributed by atoms with Crippen LogP contribution in [0.4, 0.5) is 0 Å². The Morgan fingerprint density at radius 2 is 2.18 bits per heavy atom. The van der Waals surface area contributed by atoms with E-state index in [1.807, 2.05) is 13.0 Å². The molecule has 2 bridgehead atoms. The largest absolute Gasteiger partial charge is 0.458 e. The molecule has 0 unspecified atom stereocenters. The van der Waals surface area contributed by atoms with Gasteiger partial charge in [0.25, 0.3) is 0 Å². The van der Waals surface area contributed by atoms with E-state index in [9.17, 15) is 14.7 Å². The molecule has 28 heavy (non-hydrogen) atoms. The molecule has 152 valence electrons. The number of esters is 2. The van der Waals surface area contributed by atoms with Crippen LogP contribution >= 0.6 is 0 Å². The van der Waals surface area contributed by atoms with E-state index >= 15 is 0 Å². The molecule has 0 radical (unpaired) electrons. The molecule has 0 spiro atoms. The highest BCUT2D eigenvalue weighted by molar-refractivity contribution is 5.92. The molecule has 1 fully saturated rings. The van der Waals surface area contributed by atoms with Crippen LogP contribution in [0.2, 0.25) is 0 Å². The summed E-state index contributed by atoms with van der Waals surface area (Å²) >= 11 is 0. The van der Waals surface area contributed by atoms with Crippen LogP contribution < -0.4 is 0 Å². The van der Waals surface area contributed by atoms with Crippen molar-refractivity contribution in [2.75, 3.05) is 13.7 Å². The molecule has 1 N–H and O–H groups in total. The predicted molar refractivity (Wildman–Crippen MR) is 100.0 cm³/mol. The topological polar surface area (TPSA) is 91.3 Å². The fourth-order valence-electron chi connectivity index (χ4n) is 3.87. The van der Waals surface area contributed by atoms with Crippen LogP contribution in [0.25, 0.3) is 0 Å². The summed E-state index contributed by atoms with van der Waals surface area (Å²) in [5, 5.41) is 9.95. The molecule has 0 aliphatic carbocycles. The maximum absolute atomic E-state index is 12.5. The van der Waals surface area contributed by atoms with Gasteiger partial charge in [-0.3, -0.25) is 0 Å². The smallest absolute Gasteiger partial charge is 0.334 e. The van der Waals surface area contributed by atoms with Crippen molar-refractivity contribution in [1.82, 2.24) is 0 Å². The van der Waals surface area contributed by atoms with Crippen molar-refractivity contribution >= 4 is 11.9 Å². The summed E-state index contributed by atoms with van der Waals surface area (Å²) in [5.74, 6) is -2.90. The zero-order valence-electron chi connectivity index (χ0n) is 16.6. The van der Waals surface area contributed by atoms with Crippen molar-refractivity contribution in [3.8, 4) is 0 Å². The Labute approximate surface area is 164 Å². The Hall–Kier alpha value is -2.22. The zero-order chi connectivity index (χ0) is 20.7. The van der Waals surface area contributed by atoms with Gasteiger partial charge in [-0.15, -0.1) is 0 Å². The summed E-state index contributed by atoms with van der Waals surface area (Å²) in [5.41, 5.74) is 0.244. The maximum atomic E-state index is 12.5. The van der Waals surface area contributed by atoms with Crippen LogP contribution in [-0.4, -0.2) is 54.4 Å². The molecule has 3 rings (SSSR count). The van der Waals surface area contributed by atoms with Crippen LogP contribution in [0.1, 0.15) is 27.2 Å². The number of fused-ring (bicyclic) bond motifs is 3. The molecule has 3 aliphatic rings. The third-order valence-corrected chi connectivity index (χ3v) is 5.61. The second kappa shape index (κ2) is 7.31. The van der Waals surface area contributed by atoms with Crippen molar-refractivity contribution in [3.63, 3.8) is 0 Å². The number of carbonyl (C=O) groups excluding carboxylic acids is 2.